The third-order valence-corrected chi connectivity index (χ3v) is 20.4. The van der Waals surface area contributed by atoms with Gasteiger partial charge in [0, 0.05) is 51.6 Å². The Morgan fingerprint density at radius 2 is 0.750 bits per heavy atom. The van der Waals surface area contributed by atoms with Crippen LogP contribution < -0.4 is 24.3 Å². The van der Waals surface area contributed by atoms with Crippen molar-refractivity contribution in [3.63, 3.8) is 0 Å². The molecule has 0 spiro atoms. The van der Waals surface area contributed by atoms with Gasteiger partial charge < -0.3 is 33.9 Å². The van der Waals surface area contributed by atoms with Crippen LogP contribution in [-0.4, -0.2) is 75.9 Å². The van der Waals surface area contributed by atoms with Crippen LogP contribution in [0.4, 0.5) is 13.2 Å². The molecule has 26 heteroatoms. The van der Waals surface area contributed by atoms with Gasteiger partial charge in [0.2, 0.25) is 0 Å². The smallest absolute Gasteiger partial charge is 0.530 e. The molecule has 0 saturated heterocycles. The number of aromatic nitrogens is 6. The van der Waals surface area contributed by atoms with Gasteiger partial charge in [-0.25, -0.2) is 13.2 Å². The molecule has 13 nitrogen and oxygen atoms in total. The number of halogens is 6. The van der Waals surface area contributed by atoms with Crippen molar-refractivity contribution in [2.45, 2.75) is 59.3 Å². The molecule has 0 aliphatic rings. The summed E-state index contributed by atoms with van der Waals surface area (Å²) in [6.07, 6.45) is 6.37. The largest absolute Gasteiger partial charge is 0.569 e. The Bertz CT molecular complexity index is 4850. The van der Waals surface area contributed by atoms with Crippen molar-refractivity contribution in [3.05, 3.63) is 230 Å². The summed E-state index contributed by atoms with van der Waals surface area (Å²) in [5, 5.41) is 30.7. The predicted octanol–water partition coefficient (Wildman–Crippen LogP) is 21.4. The molecular weight excluding hydrogens is 1560 g/mol. The monoisotopic (exact) mass is 1620 g/mol. The van der Waals surface area contributed by atoms with Crippen LogP contribution in [0.1, 0.15) is 59.3 Å². The average Bonchev–Trinajstić information content (AvgIpc) is 1.53. The minimum atomic E-state index is -1.80. The molecule has 0 unspecified atom stereocenters. The lowest BCUT2D eigenvalue weighted by Gasteiger charge is -2.10. The molecule has 0 atom stereocenters. The Balaban J connectivity index is 0.000000145. The third kappa shape index (κ3) is 19.9. The van der Waals surface area contributed by atoms with Crippen molar-refractivity contribution in [3.8, 4) is 88.4 Å². The first-order valence-corrected chi connectivity index (χ1v) is 38.0. The minimum Gasteiger partial charge on any atom is -0.530 e. The molecule has 0 fully saturated rings. The molecule has 5 aromatic heterocycles. The molecular formula is C74H63B2Br3F3N6O7S5. The van der Waals surface area contributed by atoms with Crippen LogP contribution in [0.3, 0.4) is 0 Å². The average molecular weight is 1630 g/mol. The van der Waals surface area contributed by atoms with Crippen LogP contribution in [0.25, 0.3) is 99.2 Å². The summed E-state index contributed by atoms with van der Waals surface area (Å²) >= 11 is 16.9. The van der Waals surface area contributed by atoms with Gasteiger partial charge in [-0.15, -0.1) is 22.7 Å². The maximum atomic E-state index is 15.2. The fourth-order valence-electron chi connectivity index (χ4n) is 9.93. The Morgan fingerprint density at radius 3 is 1.14 bits per heavy atom. The van der Waals surface area contributed by atoms with Crippen LogP contribution in [0.2, 0.25) is 0 Å². The second-order valence-corrected chi connectivity index (χ2v) is 28.0. The lowest BCUT2D eigenvalue weighted by molar-refractivity contribution is 0.309. The number of hydrogen-bond acceptors (Lipinski definition) is 18. The number of hydrogen-bond donors (Lipinski definition) is 3. The van der Waals surface area contributed by atoms with Gasteiger partial charge in [0.25, 0.3) is 0 Å². The van der Waals surface area contributed by atoms with Crippen molar-refractivity contribution in [1.29, 1.82) is 0 Å². The van der Waals surface area contributed by atoms with Crippen molar-refractivity contribution in [2.24, 2.45) is 0 Å². The molecule has 5 heterocycles. The number of ether oxygens (including phenoxy) is 3. The molecule has 0 saturated carbocycles. The Kier molecular flexibility index (Phi) is 28.3. The van der Waals surface area contributed by atoms with E-state index >= 15 is 4.39 Å². The highest BCUT2D eigenvalue weighted by atomic mass is 79.9. The van der Waals surface area contributed by atoms with Crippen molar-refractivity contribution < 1.29 is 47.1 Å². The topological polar surface area (TPSA) is 175 Å². The summed E-state index contributed by atoms with van der Waals surface area (Å²) in [5.41, 5.74) is 13.4. The summed E-state index contributed by atoms with van der Waals surface area (Å²) in [4.78, 5) is 1.13. The van der Waals surface area contributed by atoms with Crippen LogP contribution in [0.5, 0.6) is 22.3 Å². The fourth-order valence-corrected chi connectivity index (χ4v) is 14.5. The number of benzene rings is 9. The minimum absolute atomic E-state index is 0.127. The fraction of sp³-hybridized carbons (Fsp3) is 0.162. The number of thiophene rings is 2. The number of unbranched alkanes of at least 4 members (excludes halogenated alkanes) is 3. The van der Waals surface area contributed by atoms with Gasteiger partial charge in [-0.05, 0) is 202 Å². The normalized spacial score (nSPS) is 10.8. The highest BCUT2D eigenvalue weighted by Crippen LogP contribution is 2.40. The molecule has 509 valence electrons. The Morgan fingerprint density at radius 1 is 0.400 bits per heavy atom. The first-order chi connectivity index (χ1) is 48.7. The molecule has 0 amide bonds. The SMILES string of the molecule is Brc1ccc(Br)c2nsnc12.CCCCOc1ccc(-c2ccc(-c3ccc(-c4cccs4)c4nsnc34)c(F)c2)cc1.CCCCOc1ccc(-c2ccc(-c3ccc(Br)c4nsnc34)c(F)c2)cc1.CCCCOc1ccc(-c2ccc(B(O)O)c(F)c2)cc1.O[B]Oc1cccs1. The molecule has 1 radical (unpaired) electrons. The van der Waals surface area contributed by atoms with Crippen molar-refractivity contribution >= 4 is 159 Å². The zero-order chi connectivity index (χ0) is 70.3. The molecule has 14 rings (SSSR count). The number of nitrogens with zero attached hydrogens (tertiary/aromatic N) is 6. The highest BCUT2D eigenvalue weighted by molar-refractivity contribution is 9.11. The molecule has 0 aliphatic heterocycles. The molecule has 9 aromatic carbocycles. The van der Waals surface area contributed by atoms with E-state index < -0.39 is 12.9 Å². The van der Waals surface area contributed by atoms with E-state index in [1.165, 1.54) is 35.2 Å². The highest BCUT2D eigenvalue weighted by Gasteiger charge is 2.20. The van der Waals surface area contributed by atoms with Crippen LogP contribution in [-0.2, 0) is 0 Å². The molecule has 14 aromatic rings. The van der Waals surface area contributed by atoms with E-state index in [2.05, 4.69) is 106 Å². The summed E-state index contributed by atoms with van der Waals surface area (Å²) in [6, 6.07) is 57.3. The van der Waals surface area contributed by atoms with Crippen LogP contribution >= 0.6 is 106 Å². The standard InChI is InChI=1S/C26H21FN2OS2.C22H18BrFN2OS.C16H18BFO3.C6H2Br2N2S.C4H4BO2S/c1-2-3-14-30-19-9-6-17(7-10-19)18-8-11-20(23(27)16-18)21-12-13-22(24-5-4-15-31-24)26-25(21)28-32-29-26;1-2-3-12-27-16-7-4-14(5-8-16)15-6-9-17(20(24)13-15)18-10-11-19(23)22-21(18)25-28-26-22;1-2-3-10-21-14-7-4-12(5-8-14)13-6-9-15(17(19)20)16(18)11-13;7-3-1-2-4(8)6-5(3)9-11-10-6;6-5-7-4-2-1-3-8-4/h4-13,15-16H,2-3,14H2,1H3;4-11,13H,2-3,12H2,1H3;4-9,11,19-20H,2-3,10H2,1H3;1-2H;1-3,6H. The first kappa shape index (κ1) is 75.0. The van der Waals surface area contributed by atoms with Gasteiger partial charge in [0.1, 0.15) is 67.8 Å². The van der Waals surface area contributed by atoms with Gasteiger partial charge in [-0.2, -0.15) is 26.2 Å². The Hall–Kier alpha value is -7.72. The second-order valence-electron chi connectivity index (χ2n) is 22.0. The van der Waals surface area contributed by atoms with E-state index in [0.29, 0.717) is 54.8 Å². The predicted molar refractivity (Wildman–Crippen MR) is 416 cm³/mol. The lowest BCUT2D eigenvalue weighted by atomic mass is 9.79. The van der Waals surface area contributed by atoms with Crippen molar-refractivity contribution in [2.75, 3.05) is 19.8 Å². The second kappa shape index (κ2) is 37.8. The van der Waals surface area contributed by atoms with Gasteiger partial charge in [-0.3, -0.25) is 0 Å². The van der Waals surface area contributed by atoms with Crippen molar-refractivity contribution in [1.82, 2.24) is 26.2 Å². The summed E-state index contributed by atoms with van der Waals surface area (Å²) in [6.45, 7) is 8.49. The summed E-state index contributed by atoms with van der Waals surface area (Å²) in [7, 11) is -1.13. The molecule has 3 N–H and O–H groups in total. The van der Waals surface area contributed by atoms with E-state index in [9.17, 15) is 8.78 Å². The van der Waals surface area contributed by atoms with E-state index in [4.69, 9.17) is 29.3 Å². The third-order valence-electron chi connectivity index (χ3n) is 15.2. The van der Waals surface area contributed by atoms with E-state index in [0.717, 1.165) is 170 Å². The van der Waals surface area contributed by atoms with E-state index in [-0.39, 0.29) is 17.1 Å². The summed E-state index contributed by atoms with van der Waals surface area (Å²) in [5.74, 6) is 1.27. The number of fused-ring (bicyclic) bond motifs is 3. The maximum Gasteiger partial charge on any atom is 0.569 e. The van der Waals surface area contributed by atoms with Gasteiger partial charge >= 0.3 is 14.8 Å². The number of rotatable bonds is 21. The van der Waals surface area contributed by atoms with Gasteiger partial charge in [0.05, 0.1) is 55.0 Å². The van der Waals surface area contributed by atoms with Crippen LogP contribution in [0.15, 0.2) is 212 Å². The quantitative estimate of drug-likeness (QED) is 0.0458. The zero-order valence-corrected chi connectivity index (χ0v) is 62.9. The maximum absolute atomic E-state index is 15.2. The van der Waals surface area contributed by atoms with E-state index in [1.54, 1.807) is 41.7 Å². The molecule has 0 bridgehead atoms. The van der Waals surface area contributed by atoms with Crippen LogP contribution in [0, 0.1) is 17.5 Å². The lowest BCUT2D eigenvalue weighted by Crippen LogP contribution is -2.32. The first-order valence-electron chi connectivity index (χ1n) is 31.6. The zero-order valence-electron chi connectivity index (χ0n) is 54.0. The molecule has 100 heavy (non-hydrogen) atoms. The summed E-state index contributed by atoms with van der Waals surface area (Å²) < 4.78 is 94.2. The van der Waals surface area contributed by atoms with Gasteiger partial charge in [0.15, 0.2) is 5.06 Å². The van der Waals surface area contributed by atoms with Gasteiger partial charge in [-0.1, -0.05) is 137 Å². The Labute approximate surface area is 624 Å². The molecule has 0 aliphatic carbocycles. The van der Waals surface area contributed by atoms with E-state index in [1.807, 2.05) is 150 Å².